The van der Waals surface area contributed by atoms with Crippen LogP contribution in [0.15, 0.2) is 12.2 Å². The quantitative estimate of drug-likeness (QED) is 0.620. The summed E-state index contributed by atoms with van der Waals surface area (Å²) in [6, 6.07) is 0. The van der Waals surface area contributed by atoms with Gasteiger partial charge in [0.2, 0.25) is 0 Å². The number of fused-ring (bicyclic) bond motifs is 3. The molecule has 0 aromatic heterocycles. The Balaban J connectivity index is 1.98. The third kappa shape index (κ3) is 2.17. The van der Waals surface area contributed by atoms with E-state index in [2.05, 4.69) is 27.4 Å². The Bertz CT molecular complexity index is 609. The lowest BCUT2D eigenvalue weighted by atomic mass is 9.66. The Labute approximate surface area is 143 Å². The summed E-state index contributed by atoms with van der Waals surface area (Å²) in [4.78, 5) is 22.9. The van der Waals surface area contributed by atoms with Crippen molar-refractivity contribution in [3.8, 4) is 0 Å². The second-order valence-electron chi connectivity index (χ2n) is 8.82. The second-order valence-corrected chi connectivity index (χ2v) is 8.82. The first-order chi connectivity index (χ1) is 10.9. The third-order valence-corrected chi connectivity index (χ3v) is 6.65. The van der Waals surface area contributed by atoms with Crippen molar-refractivity contribution in [3.05, 3.63) is 12.2 Å². The topological polar surface area (TPSA) is 72.8 Å². The van der Waals surface area contributed by atoms with Crippen molar-refractivity contribution in [2.24, 2.45) is 22.7 Å². The van der Waals surface area contributed by atoms with Crippen LogP contribution in [0, 0.1) is 22.7 Å². The minimum absolute atomic E-state index is 0.0259. The summed E-state index contributed by atoms with van der Waals surface area (Å²) in [5.74, 6) is -0.740. The lowest BCUT2D eigenvalue weighted by Crippen LogP contribution is -2.47. The van der Waals surface area contributed by atoms with E-state index in [4.69, 9.17) is 9.47 Å². The van der Waals surface area contributed by atoms with Crippen molar-refractivity contribution in [2.45, 2.75) is 71.7 Å². The fourth-order valence-corrected chi connectivity index (χ4v) is 6.24. The van der Waals surface area contributed by atoms with E-state index in [9.17, 15) is 14.7 Å². The van der Waals surface area contributed by atoms with Crippen LogP contribution in [-0.2, 0) is 19.1 Å². The molecule has 3 aliphatic carbocycles. The first-order valence-electron chi connectivity index (χ1n) is 8.69. The fourth-order valence-electron chi connectivity index (χ4n) is 6.24. The van der Waals surface area contributed by atoms with Gasteiger partial charge in [-0.15, -0.1) is 0 Å². The highest BCUT2D eigenvalue weighted by molar-refractivity contribution is 5.67. The summed E-state index contributed by atoms with van der Waals surface area (Å²) in [6.45, 7) is 13.3. The summed E-state index contributed by atoms with van der Waals surface area (Å²) in [7, 11) is 0. The Morgan fingerprint density at radius 2 is 1.71 bits per heavy atom. The molecule has 6 atom stereocenters. The molecule has 3 fully saturated rings. The molecule has 3 saturated carbocycles. The van der Waals surface area contributed by atoms with Crippen LogP contribution in [0.25, 0.3) is 0 Å². The number of rotatable bonds is 2. The van der Waals surface area contributed by atoms with Gasteiger partial charge in [0, 0.05) is 25.2 Å². The van der Waals surface area contributed by atoms with Gasteiger partial charge >= 0.3 is 11.9 Å². The Hall–Kier alpha value is -1.36. The van der Waals surface area contributed by atoms with Crippen LogP contribution in [0.1, 0.15) is 53.9 Å². The highest BCUT2D eigenvalue weighted by atomic mass is 16.5. The largest absolute Gasteiger partial charge is 0.462 e. The fraction of sp³-hybridized carbons (Fsp3) is 0.789. The first-order valence-corrected chi connectivity index (χ1v) is 8.69. The summed E-state index contributed by atoms with van der Waals surface area (Å²) in [5.41, 5.74) is -0.966. The molecule has 0 aromatic rings. The van der Waals surface area contributed by atoms with Gasteiger partial charge in [0.1, 0.15) is 12.2 Å². The molecule has 3 rings (SSSR count). The van der Waals surface area contributed by atoms with Crippen LogP contribution < -0.4 is 0 Å². The van der Waals surface area contributed by atoms with Gasteiger partial charge in [0.05, 0.1) is 5.60 Å². The van der Waals surface area contributed by atoms with Crippen LogP contribution in [0.5, 0.6) is 0 Å². The molecule has 0 bridgehead atoms. The molecule has 0 saturated heterocycles. The smallest absolute Gasteiger partial charge is 0.303 e. The lowest BCUT2D eigenvalue weighted by molar-refractivity contribution is -0.153. The van der Waals surface area contributed by atoms with E-state index in [0.29, 0.717) is 18.4 Å². The van der Waals surface area contributed by atoms with Crippen molar-refractivity contribution in [2.75, 3.05) is 0 Å². The van der Waals surface area contributed by atoms with E-state index in [1.54, 1.807) is 0 Å². The normalized spacial score (nSPS) is 45.7. The van der Waals surface area contributed by atoms with Gasteiger partial charge in [-0.25, -0.2) is 0 Å². The number of hydrogen-bond donors (Lipinski definition) is 1. The molecule has 0 spiro atoms. The molecule has 0 aromatic carbocycles. The monoisotopic (exact) mass is 336 g/mol. The van der Waals surface area contributed by atoms with E-state index >= 15 is 0 Å². The van der Waals surface area contributed by atoms with Gasteiger partial charge in [-0.05, 0) is 36.2 Å². The van der Waals surface area contributed by atoms with Gasteiger partial charge < -0.3 is 14.6 Å². The van der Waals surface area contributed by atoms with Gasteiger partial charge in [-0.1, -0.05) is 27.4 Å². The van der Waals surface area contributed by atoms with Crippen LogP contribution >= 0.6 is 0 Å². The number of carbonyl (C=O) groups is 2. The van der Waals surface area contributed by atoms with E-state index in [1.807, 2.05) is 0 Å². The Morgan fingerprint density at radius 3 is 2.25 bits per heavy atom. The lowest BCUT2D eigenvalue weighted by Gasteiger charge is -2.42. The van der Waals surface area contributed by atoms with Crippen LogP contribution in [0.4, 0.5) is 0 Å². The zero-order valence-corrected chi connectivity index (χ0v) is 15.2. The molecule has 24 heavy (non-hydrogen) atoms. The van der Waals surface area contributed by atoms with Crippen molar-refractivity contribution < 1.29 is 24.2 Å². The number of ether oxygens (including phenoxy) is 2. The molecule has 0 aliphatic heterocycles. The number of aliphatic hydroxyl groups is 1. The van der Waals surface area contributed by atoms with Crippen LogP contribution in [-0.4, -0.2) is 34.9 Å². The summed E-state index contributed by atoms with van der Waals surface area (Å²) in [5, 5.41) is 11.7. The second kappa shape index (κ2) is 5.07. The average molecular weight is 336 g/mol. The molecule has 0 radical (unpaired) electrons. The van der Waals surface area contributed by atoms with Crippen LogP contribution in [0.3, 0.4) is 0 Å². The molecule has 5 nitrogen and oxygen atoms in total. The first kappa shape index (κ1) is 17.5. The van der Waals surface area contributed by atoms with Crippen molar-refractivity contribution in [1.29, 1.82) is 0 Å². The van der Waals surface area contributed by atoms with E-state index in [-0.39, 0.29) is 40.7 Å². The zero-order valence-electron chi connectivity index (χ0n) is 15.2. The minimum Gasteiger partial charge on any atom is -0.462 e. The molecular formula is C19H28O5. The minimum atomic E-state index is -1.08. The third-order valence-electron chi connectivity index (χ3n) is 6.65. The van der Waals surface area contributed by atoms with E-state index < -0.39 is 11.7 Å². The highest BCUT2D eigenvalue weighted by Crippen LogP contribution is 2.72. The van der Waals surface area contributed by atoms with E-state index in [0.717, 1.165) is 6.42 Å². The summed E-state index contributed by atoms with van der Waals surface area (Å²) >= 11 is 0. The molecule has 1 N–H and O–H groups in total. The maximum atomic E-state index is 11.7. The predicted molar refractivity (Wildman–Crippen MR) is 87.9 cm³/mol. The van der Waals surface area contributed by atoms with Crippen molar-refractivity contribution in [1.82, 2.24) is 0 Å². The SMILES string of the molecule is C=C1[C@@H](OC(C)=O)C[C@@H]2C[C@]3(C)[C@@H](OC(C)=O)CC(C)(C)[C@@H]3[C@@]12O. The highest BCUT2D eigenvalue weighted by Gasteiger charge is 2.74. The zero-order chi connectivity index (χ0) is 18.1. The Morgan fingerprint density at radius 1 is 1.12 bits per heavy atom. The van der Waals surface area contributed by atoms with Gasteiger partial charge in [0.25, 0.3) is 0 Å². The molecule has 0 amide bonds. The maximum Gasteiger partial charge on any atom is 0.303 e. The Kier molecular flexibility index (Phi) is 3.69. The molecule has 134 valence electrons. The average Bonchev–Trinajstić information content (AvgIpc) is 2.84. The number of esters is 2. The molecule has 3 aliphatic rings. The standard InChI is InChI=1S/C19H28O5/c1-10-14(23-11(2)20)7-13-8-18(6)15(24-12(3)21)9-17(4,5)16(18)19(10,13)22/h13-16,22H,1,7-9H2,2-6H3/t13-,14+,15+,16+,18-,19-/m1/s1. The molecule has 0 unspecified atom stereocenters. The summed E-state index contributed by atoms with van der Waals surface area (Å²) in [6.07, 6.45) is 1.42. The van der Waals surface area contributed by atoms with Gasteiger partial charge in [0.15, 0.2) is 0 Å². The van der Waals surface area contributed by atoms with Crippen LogP contribution in [0.2, 0.25) is 0 Å². The molecular weight excluding hydrogens is 308 g/mol. The van der Waals surface area contributed by atoms with Gasteiger partial charge in [-0.2, -0.15) is 0 Å². The molecule has 0 heterocycles. The maximum absolute atomic E-state index is 11.7. The van der Waals surface area contributed by atoms with Gasteiger partial charge in [-0.3, -0.25) is 9.59 Å². The van der Waals surface area contributed by atoms with Crippen molar-refractivity contribution in [3.63, 3.8) is 0 Å². The predicted octanol–water partition coefficient (Wildman–Crippen LogP) is 2.61. The number of carbonyl (C=O) groups excluding carboxylic acids is 2. The molecule has 5 heteroatoms. The number of hydrogen-bond acceptors (Lipinski definition) is 5. The summed E-state index contributed by atoms with van der Waals surface area (Å²) < 4.78 is 11.0. The van der Waals surface area contributed by atoms with E-state index in [1.165, 1.54) is 13.8 Å². The van der Waals surface area contributed by atoms with Crippen molar-refractivity contribution >= 4 is 11.9 Å².